The minimum absolute atomic E-state index is 0.221. The summed E-state index contributed by atoms with van der Waals surface area (Å²) in [5.74, 6) is 0.323. The van der Waals surface area contributed by atoms with E-state index in [4.69, 9.17) is 10.2 Å². The maximum Gasteiger partial charge on any atom is 0.134 e. The van der Waals surface area contributed by atoms with Gasteiger partial charge in [0.15, 0.2) is 0 Å². The molecule has 0 radical (unpaired) electrons. The fraction of sp³-hybridized carbons (Fsp3) is 0.176. The molecule has 3 N–H and O–H groups in total. The molecule has 0 saturated carbocycles. The van der Waals surface area contributed by atoms with Gasteiger partial charge in [0.25, 0.3) is 0 Å². The van der Waals surface area contributed by atoms with Gasteiger partial charge in [-0.3, -0.25) is 0 Å². The molecule has 21 heavy (non-hydrogen) atoms. The zero-order valence-corrected chi connectivity index (χ0v) is 13.0. The molecule has 2 atom stereocenters. The van der Waals surface area contributed by atoms with Gasteiger partial charge in [-0.1, -0.05) is 52.3 Å². The first kappa shape index (κ1) is 14.3. The normalized spacial score (nSPS) is 14.2. The van der Waals surface area contributed by atoms with Crippen molar-refractivity contribution in [2.45, 2.75) is 12.0 Å². The molecule has 3 aromatic rings. The van der Waals surface area contributed by atoms with E-state index in [1.807, 2.05) is 54.6 Å². The molecule has 2 unspecified atom stereocenters. The van der Waals surface area contributed by atoms with Gasteiger partial charge in [0.2, 0.25) is 0 Å². The smallest absolute Gasteiger partial charge is 0.134 e. The number of nitrogens with two attached hydrogens (primary N) is 1. The van der Waals surface area contributed by atoms with E-state index < -0.39 is 6.10 Å². The van der Waals surface area contributed by atoms with Gasteiger partial charge >= 0.3 is 0 Å². The van der Waals surface area contributed by atoms with Crippen LogP contribution in [0.25, 0.3) is 11.0 Å². The number of para-hydroxylation sites is 1. The summed E-state index contributed by atoms with van der Waals surface area (Å²) in [7, 11) is 0. The van der Waals surface area contributed by atoms with Gasteiger partial charge < -0.3 is 15.3 Å². The lowest BCUT2D eigenvalue weighted by molar-refractivity contribution is 0.123. The van der Waals surface area contributed by atoms with Crippen molar-refractivity contribution in [1.29, 1.82) is 0 Å². The third-order valence-electron chi connectivity index (χ3n) is 3.68. The Kier molecular flexibility index (Phi) is 4.10. The third-order valence-corrected chi connectivity index (χ3v) is 4.40. The number of hydrogen-bond acceptors (Lipinski definition) is 3. The molecule has 0 bridgehead atoms. The first-order valence-corrected chi connectivity index (χ1v) is 7.61. The van der Waals surface area contributed by atoms with Crippen molar-refractivity contribution in [2.24, 2.45) is 5.73 Å². The lowest BCUT2D eigenvalue weighted by Gasteiger charge is -2.21. The molecule has 2 aromatic carbocycles. The number of furan rings is 1. The van der Waals surface area contributed by atoms with E-state index in [9.17, 15) is 5.11 Å². The molecule has 4 heteroatoms. The molecule has 0 aliphatic rings. The summed E-state index contributed by atoms with van der Waals surface area (Å²) < 4.78 is 6.69. The summed E-state index contributed by atoms with van der Waals surface area (Å²) in [6, 6.07) is 17.4. The molecular formula is C17H16BrNO2. The number of benzene rings is 2. The van der Waals surface area contributed by atoms with Crippen molar-refractivity contribution in [2.75, 3.05) is 6.54 Å². The van der Waals surface area contributed by atoms with E-state index in [0.29, 0.717) is 12.3 Å². The SMILES string of the molecule is NCC(c1ccccc1Br)C(O)c1cc2ccccc2o1. The van der Waals surface area contributed by atoms with Gasteiger partial charge in [-0.2, -0.15) is 0 Å². The Labute approximate surface area is 131 Å². The summed E-state index contributed by atoms with van der Waals surface area (Å²) in [6.45, 7) is 0.334. The standard InChI is InChI=1S/C17H16BrNO2/c18-14-7-3-2-6-12(14)13(10-19)17(20)16-9-11-5-1-4-8-15(11)21-16/h1-9,13,17,20H,10,19H2. The van der Waals surface area contributed by atoms with Crippen LogP contribution in [0.2, 0.25) is 0 Å². The lowest BCUT2D eigenvalue weighted by Crippen LogP contribution is -2.20. The number of rotatable bonds is 4. The average Bonchev–Trinajstić information content (AvgIpc) is 2.93. The maximum absolute atomic E-state index is 10.7. The molecular weight excluding hydrogens is 330 g/mol. The van der Waals surface area contributed by atoms with Crippen molar-refractivity contribution < 1.29 is 9.52 Å². The highest BCUT2D eigenvalue weighted by Gasteiger charge is 2.26. The van der Waals surface area contributed by atoms with Crippen LogP contribution in [-0.4, -0.2) is 11.7 Å². The highest BCUT2D eigenvalue weighted by atomic mass is 79.9. The summed E-state index contributed by atoms with van der Waals surface area (Å²) in [5.41, 5.74) is 7.64. The Morgan fingerprint density at radius 1 is 1.10 bits per heavy atom. The number of hydrogen-bond donors (Lipinski definition) is 2. The van der Waals surface area contributed by atoms with Gasteiger partial charge in [0, 0.05) is 22.3 Å². The van der Waals surface area contributed by atoms with Crippen molar-refractivity contribution in [3.05, 3.63) is 70.4 Å². The third kappa shape index (κ3) is 2.75. The quantitative estimate of drug-likeness (QED) is 0.751. The van der Waals surface area contributed by atoms with E-state index in [-0.39, 0.29) is 5.92 Å². The number of aliphatic hydroxyl groups excluding tert-OH is 1. The highest BCUT2D eigenvalue weighted by molar-refractivity contribution is 9.10. The Hall–Kier alpha value is -1.62. The van der Waals surface area contributed by atoms with Gasteiger partial charge in [-0.15, -0.1) is 0 Å². The van der Waals surface area contributed by atoms with Crippen LogP contribution in [0.15, 0.2) is 63.5 Å². The van der Waals surface area contributed by atoms with Crippen LogP contribution in [-0.2, 0) is 0 Å². The zero-order chi connectivity index (χ0) is 14.8. The predicted molar refractivity (Wildman–Crippen MR) is 87.1 cm³/mol. The molecule has 1 heterocycles. The minimum atomic E-state index is -0.777. The number of aliphatic hydroxyl groups is 1. The molecule has 0 saturated heterocycles. The van der Waals surface area contributed by atoms with Crippen molar-refractivity contribution in [3.63, 3.8) is 0 Å². The summed E-state index contributed by atoms with van der Waals surface area (Å²) in [4.78, 5) is 0. The van der Waals surface area contributed by atoms with Gasteiger partial charge in [0.05, 0.1) is 0 Å². The van der Waals surface area contributed by atoms with Crippen LogP contribution in [0, 0.1) is 0 Å². The summed E-state index contributed by atoms with van der Waals surface area (Å²) in [5, 5.41) is 11.6. The van der Waals surface area contributed by atoms with Crippen LogP contribution in [0.1, 0.15) is 23.3 Å². The first-order chi connectivity index (χ1) is 10.2. The van der Waals surface area contributed by atoms with Crippen molar-refractivity contribution in [3.8, 4) is 0 Å². The molecule has 1 aromatic heterocycles. The molecule has 0 spiro atoms. The molecule has 0 fully saturated rings. The molecule has 108 valence electrons. The second-order valence-corrected chi connectivity index (χ2v) is 5.85. The highest BCUT2D eigenvalue weighted by Crippen LogP contribution is 2.36. The summed E-state index contributed by atoms with van der Waals surface area (Å²) in [6.07, 6.45) is -0.777. The second-order valence-electron chi connectivity index (χ2n) is 5.00. The van der Waals surface area contributed by atoms with E-state index >= 15 is 0 Å². The molecule has 0 amide bonds. The van der Waals surface area contributed by atoms with Crippen LogP contribution in [0.4, 0.5) is 0 Å². The van der Waals surface area contributed by atoms with Crippen LogP contribution >= 0.6 is 15.9 Å². The van der Waals surface area contributed by atoms with Gasteiger partial charge in [-0.25, -0.2) is 0 Å². The van der Waals surface area contributed by atoms with E-state index in [1.54, 1.807) is 0 Å². The minimum Gasteiger partial charge on any atom is -0.458 e. The maximum atomic E-state index is 10.7. The Morgan fingerprint density at radius 3 is 2.52 bits per heavy atom. The predicted octanol–water partition coefficient (Wildman–Crippen LogP) is 3.97. The topological polar surface area (TPSA) is 59.4 Å². The monoisotopic (exact) mass is 345 g/mol. The lowest BCUT2D eigenvalue weighted by atomic mass is 9.92. The second kappa shape index (κ2) is 6.02. The number of fused-ring (bicyclic) bond motifs is 1. The van der Waals surface area contributed by atoms with E-state index in [2.05, 4.69) is 15.9 Å². The van der Waals surface area contributed by atoms with E-state index in [1.165, 1.54) is 0 Å². The zero-order valence-electron chi connectivity index (χ0n) is 11.4. The first-order valence-electron chi connectivity index (χ1n) is 6.81. The Balaban J connectivity index is 1.98. The average molecular weight is 346 g/mol. The fourth-order valence-electron chi connectivity index (χ4n) is 2.55. The van der Waals surface area contributed by atoms with Crippen molar-refractivity contribution in [1.82, 2.24) is 0 Å². The summed E-state index contributed by atoms with van der Waals surface area (Å²) >= 11 is 3.52. The molecule has 0 aliphatic heterocycles. The molecule has 0 aliphatic carbocycles. The van der Waals surface area contributed by atoms with E-state index in [0.717, 1.165) is 21.0 Å². The van der Waals surface area contributed by atoms with Crippen molar-refractivity contribution >= 4 is 26.9 Å². The Bertz CT molecular complexity index is 720. The molecule has 3 nitrogen and oxygen atoms in total. The Morgan fingerprint density at radius 2 is 1.81 bits per heavy atom. The van der Waals surface area contributed by atoms with Crippen LogP contribution < -0.4 is 5.73 Å². The van der Waals surface area contributed by atoms with Gasteiger partial charge in [0.1, 0.15) is 17.4 Å². The molecule has 3 rings (SSSR count). The number of halogens is 1. The van der Waals surface area contributed by atoms with Crippen LogP contribution in [0.3, 0.4) is 0 Å². The van der Waals surface area contributed by atoms with Crippen LogP contribution in [0.5, 0.6) is 0 Å². The fourth-order valence-corrected chi connectivity index (χ4v) is 3.13. The largest absolute Gasteiger partial charge is 0.458 e. The van der Waals surface area contributed by atoms with Gasteiger partial charge in [-0.05, 0) is 23.8 Å².